The summed E-state index contributed by atoms with van der Waals surface area (Å²) in [5.74, 6) is -0.380. The first kappa shape index (κ1) is 17.4. The van der Waals surface area contributed by atoms with Crippen LogP contribution in [0.3, 0.4) is 0 Å². The second-order valence-electron chi connectivity index (χ2n) is 6.55. The van der Waals surface area contributed by atoms with Crippen LogP contribution in [0.1, 0.15) is 34.1 Å². The predicted octanol–water partition coefficient (Wildman–Crippen LogP) is 3.93. The van der Waals surface area contributed by atoms with E-state index in [1.807, 2.05) is 18.2 Å². The lowest BCUT2D eigenvalue weighted by Gasteiger charge is -2.31. The van der Waals surface area contributed by atoms with Gasteiger partial charge in [-0.15, -0.1) is 11.3 Å². The molecule has 138 valence electrons. The third kappa shape index (κ3) is 3.35. The standard InChI is InChI=1S/C19H17N3O4S/c23-16-11-13(5-6-15(16)22(25)26)19(24)21-9-7-12(8-10-21)18-20-14-3-1-2-4-17(14)27-18/h1-6,11-12,23H,7-10H2. The number of nitrogens with zero attached hydrogens (tertiary/aromatic N) is 3. The maximum atomic E-state index is 12.6. The smallest absolute Gasteiger partial charge is 0.310 e. The highest BCUT2D eigenvalue weighted by atomic mass is 32.1. The summed E-state index contributed by atoms with van der Waals surface area (Å²) in [7, 11) is 0. The van der Waals surface area contributed by atoms with Crippen LogP contribution in [0.4, 0.5) is 5.69 Å². The van der Waals surface area contributed by atoms with Crippen LogP contribution in [0, 0.1) is 10.1 Å². The van der Waals surface area contributed by atoms with Crippen LogP contribution < -0.4 is 0 Å². The molecule has 0 aliphatic carbocycles. The maximum absolute atomic E-state index is 12.6. The number of likely N-dealkylation sites (tertiary alicyclic amines) is 1. The molecule has 1 saturated heterocycles. The molecule has 0 atom stereocenters. The van der Waals surface area contributed by atoms with Crippen molar-refractivity contribution < 1.29 is 14.8 Å². The summed E-state index contributed by atoms with van der Waals surface area (Å²) in [6, 6.07) is 11.8. The van der Waals surface area contributed by atoms with Gasteiger partial charge in [-0.3, -0.25) is 14.9 Å². The number of para-hydroxylation sites is 1. The SMILES string of the molecule is O=C(c1ccc([N+](=O)[O-])c(O)c1)N1CCC(c2nc3ccccc3s2)CC1. The number of amides is 1. The van der Waals surface area contributed by atoms with Crippen LogP contribution in [-0.2, 0) is 0 Å². The van der Waals surface area contributed by atoms with Crippen LogP contribution in [0.15, 0.2) is 42.5 Å². The second-order valence-corrected chi connectivity index (χ2v) is 7.61. The van der Waals surface area contributed by atoms with Gasteiger partial charge in [-0.1, -0.05) is 12.1 Å². The highest BCUT2D eigenvalue weighted by molar-refractivity contribution is 7.18. The van der Waals surface area contributed by atoms with Gasteiger partial charge >= 0.3 is 5.69 Å². The molecule has 1 aromatic heterocycles. The van der Waals surface area contributed by atoms with Crippen molar-refractivity contribution in [1.29, 1.82) is 0 Å². The van der Waals surface area contributed by atoms with Crippen molar-refractivity contribution in [2.24, 2.45) is 0 Å². The Bertz CT molecular complexity index is 992. The van der Waals surface area contributed by atoms with Crippen LogP contribution in [0.25, 0.3) is 10.2 Å². The van der Waals surface area contributed by atoms with E-state index in [4.69, 9.17) is 4.98 Å². The molecule has 0 radical (unpaired) electrons. The Labute approximate surface area is 159 Å². The normalized spacial score (nSPS) is 15.2. The van der Waals surface area contributed by atoms with Crippen molar-refractivity contribution in [3.05, 3.63) is 63.1 Å². The van der Waals surface area contributed by atoms with Crippen molar-refractivity contribution in [1.82, 2.24) is 9.88 Å². The van der Waals surface area contributed by atoms with Crippen molar-refractivity contribution in [2.45, 2.75) is 18.8 Å². The monoisotopic (exact) mass is 383 g/mol. The lowest BCUT2D eigenvalue weighted by Crippen LogP contribution is -2.37. The summed E-state index contributed by atoms with van der Waals surface area (Å²) in [4.78, 5) is 29.2. The first-order valence-corrected chi connectivity index (χ1v) is 9.47. The third-order valence-corrected chi connectivity index (χ3v) is 6.06. The molecule has 8 heteroatoms. The van der Waals surface area contributed by atoms with Crippen molar-refractivity contribution in [3.63, 3.8) is 0 Å². The third-order valence-electron chi connectivity index (χ3n) is 4.86. The molecule has 2 aromatic carbocycles. The topological polar surface area (TPSA) is 96.6 Å². The molecule has 7 nitrogen and oxygen atoms in total. The number of thiazole rings is 1. The van der Waals surface area contributed by atoms with Crippen molar-refractivity contribution >= 4 is 33.1 Å². The highest BCUT2D eigenvalue weighted by Crippen LogP contribution is 2.34. The molecule has 1 aliphatic rings. The molecule has 1 fully saturated rings. The summed E-state index contributed by atoms with van der Waals surface area (Å²) in [6.07, 6.45) is 1.65. The average molecular weight is 383 g/mol. The van der Waals surface area contributed by atoms with Gasteiger partial charge in [0, 0.05) is 30.6 Å². The number of carbonyl (C=O) groups is 1. The molecule has 0 bridgehead atoms. The number of aromatic hydroxyl groups is 1. The number of nitro groups is 1. The number of aromatic nitrogens is 1. The number of hydrogen-bond acceptors (Lipinski definition) is 6. The molecule has 4 rings (SSSR count). The Morgan fingerprint density at radius 1 is 1.22 bits per heavy atom. The number of hydrogen-bond donors (Lipinski definition) is 1. The minimum absolute atomic E-state index is 0.219. The summed E-state index contributed by atoms with van der Waals surface area (Å²) in [6.45, 7) is 1.19. The molecule has 0 saturated carbocycles. The van der Waals surface area contributed by atoms with E-state index in [1.54, 1.807) is 16.2 Å². The molecule has 0 spiro atoms. The zero-order valence-electron chi connectivity index (χ0n) is 14.4. The fourth-order valence-electron chi connectivity index (χ4n) is 3.39. The van der Waals surface area contributed by atoms with Gasteiger partial charge in [0.2, 0.25) is 0 Å². The quantitative estimate of drug-likeness (QED) is 0.546. The number of benzene rings is 2. The van der Waals surface area contributed by atoms with Crippen LogP contribution in [0.2, 0.25) is 0 Å². The molecule has 3 aromatic rings. The van der Waals surface area contributed by atoms with Gasteiger partial charge in [-0.25, -0.2) is 4.98 Å². The van der Waals surface area contributed by atoms with E-state index in [0.29, 0.717) is 19.0 Å². The van der Waals surface area contributed by atoms with Gasteiger partial charge < -0.3 is 10.0 Å². The molecule has 0 unspecified atom stereocenters. The molecule has 1 amide bonds. The number of nitro benzene ring substituents is 1. The molecular weight excluding hydrogens is 366 g/mol. The number of piperidine rings is 1. The summed E-state index contributed by atoms with van der Waals surface area (Å²) in [5, 5.41) is 21.6. The minimum Gasteiger partial charge on any atom is -0.502 e. The molecule has 2 heterocycles. The number of carbonyl (C=O) groups excluding carboxylic acids is 1. The Morgan fingerprint density at radius 3 is 2.63 bits per heavy atom. The average Bonchev–Trinajstić information content (AvgIpc) is 3.11. The van der Waals surface area contributed by atoms with Crippen molar-refractivity contribution in [2.75, 3.05) is 13.1 Å². The second kappa shape index (κ2) is 6.96. The van der Waals surface area contributed by atoms with E-state index in [-0.39, 0.29) is 11.5 Å². The predicted molar refractivity (Wildman–Crippen MR) is 102 cm³/mol. The zero-order valence-corrected chi connectivity index (χ0v) is 15.2. The molecule has 1 aliphatic heterocycles. The van der Waals surface area contributed by atoms with Gasteiger partial charge in [0.05, 0.1) is 20.1 Å². The molecule has 1 N–H and O–H groups in total. The Balaban J connectivity index is 1.45. The van der Waals surface area contributed by atoms with Crippen molar-refractivity contribution in [3.8, 4) is 5.75 Å². The van der Waals surface area contributed by atoms with E-state index < -0.39 is 16.4 Å². The number of rotatable bonds is 3. The van der Waals surface area contributed by atoms with E-state index in [1.165, 1.54) is 16.8 Å². The van der Waals surface area contributed by atoms with Crippen LogP contribution >= 0.6 is 11.3 Å². The number of phenols is 1. The van der Waals surface area contributed by atoms with E-state index in [9.17, 15) is 20.0 Å². The minimum atomic E-state index is -0.674. The van der Waals surface area contributed by atoms with Gasteiger partial charge in [-0.05, 0) is 37.1 Å². The Kier molecular flexibility index (Phi) is 4.49. The Morgan fingerprint density at radius 2 is 1.96 bits per heavy atom. The van der Waals surface area contributed by atoms with E-state index >= 15 is 0 Å². The largest absolute Gasteiger partial charge is 0.502 e. The van der Waals surface area contributed by atoms with E-state index in [0.717, 1.165) is 29.4 Å². The summed E-state index contributed by atoms with van der Waals surface area (Å²) in [5.41, 5.74) is 0.870. The zero-order chi connectivity index (χ0) is 19.0. The fraction of sp³-hybridized carbons (Fsp3) is 0.263. The van der Waals surface area contributed by atoms with Crippen LogP contribution in [0.5, 0.6) is 5.75 Å². The van der Waals surface area contributed by atoms with Gasteiger partial charge in [0.1, 0.15) is 0 Å². The lowest BCUT2D eigenvalue weighted by molar-refractivity contribution is -0.385. The van der Waals surface area contributed by atoms with Crippen LogP contribution in [-0.4, -0.2) is 38.9 Å². The maximum Gasteiger partial charge on any atom is 0.310 e. The van der Waals surface area contributed by atoms with Gasteiger partial charge in [0.25, 0.3) is 5.91 Å². The highest BCUT2D eigenvalue weighted by Gasteiger charge is 2.27. The lowest BCUT2D eigenvalue weighted by atomic mass is 9.97. The number of fused-ring (bicyclic) bond motifs is 1. The summed E-state index contributed by atoms with van der Waals surface area (Å²) < 4.78 is 1.17. The molecular formula is C19H17N3O4S. The van der Waals surface area contributed by atoms with Gasteiger partial charge in [-0.2, -0.15) is 0 Å². The number of phenolic OH excluding ortho intramolecular Hbond substituents is 1. The van der Waals surface area contributed by atoms with E-state index in [2.05, 4.69) is 6.07 Å². The first-order chi connectivity index (χ1) is 13.0. The summed E-state index contributed by atoms with van der Waals surface area (Å²) >= 11 is 1.70. The Hall–Kier alpha value is -3.00. The first-order valence-electron chi connectivity index (χ1n) is 8.65. The van der Waals surface area contributed by atoms with Gasteiger partial charge in [0.15, 0.2) is 5.75 Å². The molecule has 27 heavy (non-hydrogen) atoms. The fourth-order valence-corrected chi connectivity index (χ4v) is 4.52.